The molecule has 36 heavy (non-hydrogen) atoms. The Bertz CT molecular complexity index is 1760. The Morgan fingerprint density at radius 3 is 2.53 bits per heavy atom. The van der Waals surface area contributed by atoms with E-state index in [0.29, 0.717) is 16.9 Å². The molecule has 3 aromatic carbocycles. The van der Waals surface area contributed by atoms with Crippen LogP contribution in [-0.2, 0) is 7.05 Å². The van der Waals surface area contributed by atoms with Gasteiger partial charge in [-0.05, 0) is 41.3 Å². The van der Waals surface area contributed by atoms with Crippen molar-refractivity contribution >= 4 is 39.2 Å². The number of pyridine rings is 1. The third-order valence-corrected chi connectivity index (χ3v) is 6.31. The lowest BCUT2D eigenvalue weighted by Gasteiger charge is -2.16. The van der Waals surface area contributed by atoms with Crippen molar-refractivity contribution in [3.8, 4) is 22.4 Å². The van der Waals surface area contributed by atoms with Crippen molar-refractivity contribution in [3.05, 3.63) is 103 Å². The van der Waals surface area contributed by atoms with Gasteiger partial charge in [-0.3, -0.25) is 19.7 Å². The second-order valence-corrected chi connectivity index (χ2v) is 8.59. The Balaban J connectivity index is 1.54. The van der Waals surface area contributed by atoms with E-state index in [1.165, 1.54) is 5.39 Å². The van der Waals surface area contributed by atoms with Crippen molar-refractivity contribution in [2.24, 2.45) is 12.8 Å². The maximum absolute atomic E-state index is 12.4. The quantitative estimate of drug-likeness (QED) is 0.337. The Morgan fingerprint density at radius 2 is 1.69 bits per heavy atom. The highest BCUT2D eigenvalue weighted by Crippen LogP contribution is 2.36. The standard InChI is InChI=1S/C29H22N6O/c1-35-14-10-18-7-8-20(15-25(18)35)23-16-21(17-24-27(23)33-13-12-31-24)34-28-22(29(30)36)9-11-32-26(28)19-5-3-2-4-6-19/h2-17,34H,1H3,(H2,30,36). The normalized spacial score (nSPS) is 11.1. The number of nitrogens with two attached hydrogens (primary N) is 1. The molecule has 7 nitrogen and oxygen atoms in total. The number of nitrogens with zero attached hydrogens (tertiary/aromatic N) is 4. The van der Waals surface area contributed by atoms with Crippen molar-refractivity contribution in [1.29, 1.82) is 0 Å². The number of nitrogens with one attached hydrogen (secondary N) is 1. The summed E-state index contributed by atoms with van der Waals surface area (Å²) in [6.07, 6.45) is 7.01. The van der Waals surface area contributed by atoms with Gasteiger partial charge in [-0.15, -0.1) is 0 Å². The summed E-state index contributed by atoms with van der Waals surface area (Å²) in [5, 5.41) is 4.60. The molecule has 174 valence electrons. The van der Waals surface area contributed by atoms with E-state index in [1.807, 2.05) is 55.7 Å². The van der Waals surface area contributed by atoms with E-state index in [0.717, 1.165) is 38.9 Å². The summed E-state index contributed by atoms with van der Waals surface area (Å²) in [5.74, 6) is -0.535. The smallest absolute Gasteiger partial charge is 0.250 e. The molecule has 7 heteroatoms. The lowest BCUT2D eigenvalue weighted by atomic mass is 10.0. The molecule has 0 aliphatic rings. The maximum atomic E-state index is 12.4. The summed E-state index contributed by atoms with van der Waals surface area (Å²) < 4.78 is 2.09. The lowest BCUT2D eigenvalue weighted by Crippen LogP contribution is -2.14. The van der Waals surface area contributed by atoms with Crippen LogP contribution in [0.4, 0.5) is 11.4 Å². The van der Waals surface area contributed by atoms with Crippen molar-refractivity contribution in [3.63, 3.8) is 0 Å². The summed E-state index contributed by atoms with van der Waals surface area (Å²) in [4.78, 5) is 26.1. The highest BCUT2D eigenvalue weighted by atomic mass is 16.1. The van der Waals surface area contributed by atoms with Crippen LogP contribution in [0, 0.1) is 0 Å². The first-order chi connectivity index (χ1) is 17.6. The predicted molar refractivity (Wildman–Crippen MR) is 143 cm³/mol. The molecule has 0 atom stereocenters. The van der Waals surface area contributed by atoms with Crippen LogP contribution in [0.1, 0.15) is 10.4 Å². The molecule has 0 aliphatic carbocycles. The monoisotopic (exact) mass is 470 g/mol. The minimum atomic E-state index is -0.535. The Morgan fingerprint density at radius 1 is 0.861 bits per heavy atom. The molecule has 0 saturated carbocycles. The van der Waals surface area contributed by atoms with E-state index in [2.05, 4.69) is 49.1 Å². The molecule has 6 aromatic rings. The van der Waals surface area contributed by atoms with Crippen LogP contribution in [0.15, 0.2) is 97.6 Å². The van der Waals surface area contributed by atoms with E-state index < -0.39 is 5.91 Å². The number of aromatic nitrogens is 4. The number of carbonyl (C=O) groups is 1. The van der Waals surface area contributed by atoms with Crippen LogP contribution in [0.25, 0.3) is 44.3 Å². The number of hydrogen-bond acceptors (Lipinski definition) is 5. The van der Waals surface area contributed by atoms with Crippen LogP contribution in [0.3, 0.4) is 0 Å². The molecule has 0 radical (unpaired) electrons. The molecule has 3 aromatic heterocycles. The van der Waals surface area contributed by atoms with Crippen molar-refractivity contribution in [2.45, 2.75) is 0 Å². The molecule has 0 aliphatic heterocycles. The van der Waals surface area contributed by atoms with Gasteiger partial charge < -0.3 is 15.6 Å². The zero-order valence-electron chi connectivity index (χ0n) is 19.5. The lowest BCUT2D eigenvalue weighted by molar-refractivity contribution is 0.100. The largest absolute Gasteiger partial charge is 0.366 e. The summed E-state index contributed by atoms with van der Waals surface area (Å²) >= 11 is 0. The van der Waals surface area contributed by atoms with E-state index in [9.17, 15) is 4.79 Å². The number of rotatable bonds is 5. The maximum Gasteiger partial charge on any atom is 0.250 e. The molecular formula is C29H22N6O. The van der Waals surface area contributed by atoms with Crippen LogP contribution in [0.2, 0.25) is 0 Å². The minimum Gasteiger partial charge on any atom is -0.366 e. The highest BCUT2D eigenvalue weighted by molar-refractivity contribution is 6.03. The minimum absolute atomic E-state index is 0.356. The number of benzene rings is 3. The number of anilines is 2. The van der Waals surface area contributed by atoms with Crippen LogP contribution in [-0.4, -0.2) is 25.4 Å². The van der Waals surface area contributed by atoms with Gasteiger partial charge in [0.2, 0.25) is 0 Å². The zero-order valence-corrected chi connectivity index (χ0v) is 19.5. The Hall–Kier alpha value is -5.04. The number of primary amides is 1. The fraction of sp³-hybridized carbons (Fsp3) is 0.0345. The second-order valence-electron chi connectivity index (χ2n) is 8.59. The topological polar surface area (TPSA) is 98.7 Å². The molecule has 0 fully saturated rings. The first-order valence-electron chi connectivity index (χ1n) is 11.5. The Labute approximate surface area is 207 Å². The first-order valence-corrected chi connectivity index (χ1v) is 11.5. The van der Waals surface area contributed by atoms with Crippen LogP contribution in [0.5, 0.6) is 0 Å². The number of hydrogen-bond donors (Lipinski definition) is 2. The number of amides is 1. The molecule has 3 N–H and O–H groups in total. The van der Waals surface area contributed by atoms with Gasteiger partial charge in [-0.1, -0.05) is 42.5 Å². The molecule has 0 saturated heterocycles. The van der Waals surface area contributed by atoms with Crippen LogP contribution < -0.4 is 11.1 Å². The third kappa shape index (κ3) is 3.73. The van der Waals surface area contributed by atoms with Gasteiger partial charge in [0.1, 0.15) is 0 Å². The van der Waals surface area contributed by atoms with Gasteiger partial charge in [-0.2, -0.15) is 0 Å². The second kappa shape index (κ2) is 8.63. The third-order valence-electron chi connectivity index (χ3n) is 6.31. The van der Waals surface area contributed by atoms with Gasteiger partial charge in [0, 0.05) is 54.2 Å². The summed E-state index contributed by atoms with van der Waals surface area (Å²) in [7, 11) is 2.03. The van der Waals surface area contributed by atoms with Crippen molar-refractivity contribution < 1.29 is 4.79 Å². The fourth-order valence-electron chi connectivity index (χ4n) is 4.55. The average molecular weight is 471 g/mol. The average Bonchev–Trinajstić information content (AvgIpc) is 3.28. The fourth-order valence-corrected chi connectivity index (χ4v) is 4.55. The number of carbonyl (C=O) groups excluding carboxylic acids is 1. The van der Waals surface area contributed by atoms with E-state index >= 15 is 0 Å². The predicted octanol–water partition coefficient (Wildman–Crippen LogP) is 5.69. The SMILES string of the molecule is Cn1ccc2ccc(-c3cc(Nc4c(C(N)=O)ccnc4-c4ccccc4)cc4nccnc34)cc21. The zero-order chi connectivity index (χ0) is 24.6. The number of fused-ring (bicyclic) bond motifs is 2. The molecule has 0 unspecified atom stereocenters. The van der Waals surface area contributed by atoms with Gasteiger partial charge in [0.05, 0.1) is 28.0 Å². The summed E-state index contributed by atoms with van der Waals surface area (Å²) in [5.41, 5.74) is 13.5. The van der Waals surface area contributed by atoms with Gasteiger partial charge in [0.25, 0.3) is 5.91 Å². The van der Waals surface area contributed by atoms with Gasteiger partial charge in [-0.25, -0.2) is 0 Å². The number of aryl methyl sites for hydroxylation is 1. The highest BCUT2D eigenvalue weighted by Gasteiger charge is 2.17. The van der Waals surface area contributed by atoms with Crippen molar-refractivity contribution in [1.82, 2.24) is 19.5 Å². The molecule has 3 heterocycles. The summed E-state index contributed by atoms with van der Waals surface area (Å²) in [6.45, 7) is 0. The molecule has 6 rings (SSSR count). The molecule has 1 amide bonds. The van der Waals surface area contributed by atoms with Crippen molar-refractivity contribution in [2.75, 3.05) is 5.32 Å². The Kier molecular flexibility index (Phi) is 5.15. The molecule has 0 spiro atoms. The van der Waals surface area contributed by atoms with Crippen LogP contribution >= 0.6 is 0 Å². The van der Waals surface area contributed by atoms with E-state index in [1.54, 1.807) is 24.7 Å². The van der Waals surface area contributed by atoms with Gasteiger partial charge >= 0.3 is 0 Å². The first kappa shape index (κ1) is 21.5. The van der Waals surface area contributed by atoms with E-state index in [-0.39, 0.29) is 0 Å². The molecule has 0 bridgehead atoms. The molecular weight excluding hydrogens is 448 g/mol. The van der Waals surface area contributed by atoms with Gasteiger partial charge in [0.15, 0.2) is 0 Å². The summed E-state index contributed by atoms with van der Waals surface area (Å²) in [6, 6.07) is 23.7. The van der Waals surface area contributed by atoms with E-state index in [4.69, 9.17) is 5.73 Å².